The molecule has 1 fully saturated rings. The number of benzene rings is 1. The average Bonchev–Trinajstić information content (AvgIpc) is 3.27. The van der Waals surface area contributed by atoms with E-state index >= 15 is 0 Å². The minimum absolute atomic E-state index is 0.120. The Morgan fingerprint density at radius 1 is 1.26 bits per heavy atom. The maximum absolute atomic E-state index is 12.7. The fraction of sp³-hybridized carbons (Fsp3) is 0.556. The van der Waals surface area contributed by atoms with E-state index in [4.69, 9.17) is 4.42 Å². The van der Waals surface area contributed by atoms with Gasteiger partial charge in [-0.3, -0.25) is 9.36 Å². The minimum Gasteiger partial charge on any atom is -0.408 e. The predicted molar refractivity (Wildman–Crippen MR) is 101 cm³/mol. The first-order valence-electron chi connectivity index (χ1n) is 9.33. The Hall–Kier alpha value is -2.13. The van der Waals surface area contributed by atoms with Crippen molar-refractivity contribution < 1.29 is 17.6 Å². The van der Waals surface area contributed by atoms with Crippen LogP contribution in [0.3, 0.4) is 0 Å². The SMILES string of the molecule is CCCCNC(=O)CCn1c(=O)oc2cc(S(=O)(=O)N3CCCC3)ccc21. The van der Waals surface area contributed by atoms with E-state index in [1.165, 1.54) is 21.0 Å². The fourth-order valence-corrected chi connectivity index (χ4v) is 4.74. The van der Waals surface area contributed by atoms with Gasteiger partial charge in [0.05, 0.1) is 10.4 Å². The van der Waals surface area contributed by atoms with Gasteiger partial charge in [-0.15, -0.1) is 0 Å². The molecule has 27 heavy (non-hydrogen) atoms. The minimum atomic E-state index is -3.57. The van der Waals surface area contributed by atoms with Gasteiger partial charge < -0.3 is 9.73 Å². The molecular weight excluding hydrogens is 370 g/mol. The molecule has 2 aromatic rings. The van der Waals surface area contributed by atoms with E-state index in [0.717, 1.165) is 25.7 Å². The number of carbonyl (C=O) groups excluding carboxylic acids is 1. The van der Waals surface area contributed by atoms with Crippen LogP contribution in [0, 0.1) is 0 Å². The summed E-state index contributed by atoms with van der Waals surface area (Å²) in [6.07, 6.45) is 3.77. The maximum Gasteiger partial charge on any atom is 0.419 e. The molecule has 1 aliphatic rings. The number of hydrogen-bond acceptors (Lipinski definition) is 5. The van der Waals surface area contributed by atoms with Gasteiger partial charge in [0.15, 0.2) is 5.58 Å². The van der Waals surface area contributed by atoms with Gasteiger partial charge in [-0.2, -0.15) is 4.31 Å². The highest BCUT2D eigenvalue weighted by Crippen LogP contribution is 2.24. The Bertz CT molecular complexity index is 971. The summed E-state index contributed by atoms with van der Waals surface area (Å²) in [5.41, 5.74) is 0.702. The number of aryl methyl sites for hydroxylation is 1. The number of nitrogens with one attached hydrogen (secondary N) is 1. The van der Waals surface area contributed by atoms with Gasteiger partial charge in [-0.05, 0) is 31.4 Å². The highest BCUT2D eigenvalue weighted by Gasteiger charge is 2.28. The standard InChI is InChI=1S/C18H25N3O5S/c1-2-3-9-19-17(22)8-12-21-15-7-6-14(13-16(15)26-18(21)23)27(24,25)20-10-4-5-11-20/h6-7,13H,2-5,8-12H2,1H3,(H,19,22). The van der Waals surface area contributed by atoms with Crippen molar-refractivity contribution in [2.45, 2.75) is 50.5 Å². The van der Waals surface area contributed by atoms with Crippen molar-refractivity contribution in [3.8, 4) is 0 Å². The van der Waals surface area contributed by atoms with E-state index in [2.05, 4.69) is 5.32 Å². The number of rotatable bonds is 8. The van der Waals surface area contributed by atoms with E-state index in [-0.39, 0.29) is 29.4 Å². The third-order valence-corrected chi connectivity index (χ3v) is 6.65. The molecule has 0 spiro atoms. The number of hydrogen-bond donors (Lipinski definition) is 1. The van der Waals surface area contributed by atoms with Crippen molar-refractivity contribution >= 4 is 27.0 Å². The Morgan fingerprint density at radius 2 is 2.00 bits per heavy atom. The van der Waals surface area contributed by atoms with E-state index in [0.29, 0.717) is 25.2 Å². The number of amides is 1. The third kappa shape index (κ3) is 4.24. The molecule has 1 N–H and O–H groups in total. The van der Waals surface area contributed by atoms with Crippen LogP contribution in [0.25, 0.3) is 11.1 Å². The molecule has 0 unspecified atom stereocenters. The van der Waals surface area contributed by atoms with Crippen molar-refractivity contribution in [2.24, 2.45) is 0 Å². The molecule has 9 heteroatoms. The summed E-state index contributed by atoms with van der Waals surface area (Å²) in [6, 6.07) is 4.45. The van der Waals surface area contributed by atoms with Gasteiger partial charge in [0.25, 0.3) is 0 Å². The summed E-state index contributed by atoms with van der Waals surface area (Å²) in [6.45, 7) is 3.87. The molecular formula is C18H25N3O5S. The molecule has 0 bridgehead atoms. The zero-order chi connectivity index (χ0) is 19.4. The van der Waals surface area contributed by atoms with E-state index in [1.807, 2.05) is 6.92 Å². The van der Waals surface area contributed by atoms with Crippen LogP contribution < -0.4 is 11.1 Å². The van der Waals surface area contributed by atoms with Crippen molar-refractivity contribution in [1.29, 1.82) is 0 Å². The van der Waals surface area contributed by atoms with Crippen LogP contribution in [0.1, 0.15) is 39.0 Å². The number of nitrogens with zero attached hydrogens (tertiary/aromatic N) is 2. The van der Waals surface area contributed by atoms with Crippen LogP contribution >= 0.6 is 0 Å². The Labute approximate surface area is 158 Å². The topological polar surface area (TPSA) is 102 Å². The molecule has 1 saturated heterocycles. The molecule has 3 rings (SSSR count). The summed E-state index contributed by atoms with van der Waals surface area (Å²) in [7, 11) is -3.57. The molecule has 148 valence electrons. The van der Waals surface area contributed by atoms with E-state index < -0.39 is 15.8 Å². The van der Waals surface area contributed by atoms with Crippen LogP contribution in [0.4, 0.5) is 0 Å². The van der Waals surface area contributed by atoms with E-state index in [1.54, 1.807) is 6.07 Å². The fourth-order valence-electron chi connectivity index (χ4n) is 3.20. The van der Waals surface area contributed by atoms with Crippen LogP contribution in [-0.4, -0.2) is 42.8 Å². The lowest BCUT2D eigenvalue weighted by atomic mass is 10.3. The summed E-state index contributed by atoms with van der Waals surface area (Å²) < 4.78 is 33.3. The molecule has 1 amide bonds. The van der Waals surface area contributed by atoms with Gasteiger partial charge in [-0.1, -0.05) is 13.3 Å². The molecule has 0 saturated carbocycles. The van der Waals surface area contributed by atoms with Gasteiger partial charge in [-0.25, -0.2) is 13.2 Å². The Balaban J connectivity index is 1.78. The molecule has 8 nitrogen and oxygen atoms in total. The Kier molecular flexibility index (Phi) is 6.01. The second kappa shape index (κ2) is 8.26. The second-order valence-corrected chi connectivity index (χ2v) is 8.65. The lowest BCUT2D eigenvalue weighted by Crippen LogP contribution is -2.27. The van der Waals surface area contributed by atoms with Crippen LogP contribution in [0.2, 0.25) is 0 Å². The number of fused-ring (bicyclic) bond motifs is 1. The van der Waals surface area contributed by atoms with Crippen molar-refractivity contribution in [3.63, 3.8) is 0 Å². The van der Waals surface area contributed by atoms with Crippen LogP contribution in [-0.2, 0) is 21.4 Å². The van der Waals surface area contributed by atoms with Gasteiger partial charge >= 0.3 is 5.76 Å². The zero-order valence-corrected chi connectivity index (χ0v) is 16.3. The van der Waals surface area contributed by atoms with Crippen LogP contribution in [0.5, 0.6) is 0 Å². The largest absolute Gasteiger partial charge is 0.419 e. The zero-order valence-electron chi connectivity index (χ0n) is 15.4. The lowest BCUT2D eigenvalue weighted by molar-refractivity contribution is -0.121. The predicted octanol–water partition coefficient (Wildman–Crippen LogP) is 1.69. The number of oxazole rings is 1. The Morgan fingerprint density at radius 3 is 2.70 bits per heavy atom. The van der Waals surface area contributed by atoms with Gasteiger partial charge in [0.1, 0.15) is 0 Å². The first-order chi connectivity index (χ1) is 12.9. The number of aromatic nitrogens is 1. The lowest BCUT2D eigenvalue weighted by Gasteiger charge is -2.15. The molecule has 0 radical (unpaired) electrons. The maximum atomic E-state index is 12.7. The third-order valence-electron chi connectivity index (χ3n) is 4.76. The second-order valence-electron chi connectivity index (χ2n) is 6.71. The monoisotopic (exact) mass is 395 g/mol. The van der Waals surface area contributed by atoms with Gasteiger partial charge in [0, 0.05) is 38.7 Å². The van der Waals surface area contributed by atoms with Crippen molar-refractivity contribution in [1.82, 2.24) is 14.2 Å². The normalized spacial score (nSPS) is 15.4. The highest BCUT2D eigenvalue weighted by atomic mass is 32.2. The molecule has 0 aliphatic carbocycles. The molecule has 0 atom stereocenters. The van der Waals surface area contributed by atoms with E-state index in [9.17, 15) is 18.0 Å². The van der Waals surface area contributed by atoms with Crippen LogP contribution in [0.15, 0.2) is 32.3 Å². The molecule has 1 aliphatic heterocycles. The highest BCUT2D eigenvalue weighted by molar-refractivity contribution is 7.89. The first-order valence-corrected chi connectivity index (χ1v) is 10.8. The quantitative estimate of drug-likeness (QED) is 0.685. The number of unbranched alkanes of at least 4 members (excludes halogenated alkanes) is 1. The summed E-state index contributed by atoms with van der Waals surface area (Å²) in [5, 5.41) is 2.80. The summed E-state index contributed by atoms with van der Waals surface area (Å²) in [4.78, 5) is 24.1. The average molecular weight is 395 g/mol. The molecule has 1 aromatic heterocycles. The first kappa shape index (κ1) is 19.6. The smallest absolute Gasteiger partial charge is 0.408 e. The van der Waals surface area contributed by atoms with Crippen molar-refractivity contribution in [3.05, 3.63) is 28.7 Å². The van der Waals surface area contributed by atoms with Crippen molar-refractivity contribution in [2.75, 3.05) is 19.6 Å². The number of carbonyl (C=O) groups is 1. The molecule has 2 heterocycles. The summed E-state index contributed by atoms with van der Waals surface area (Å²) >= 11 is 0. The molecule has 1 aromatic carbocycles. The summed E-state index contributed by atoms with van der Waals surface area (Å²) in [5.74, 6) is -0.722. The number of sulfonamides is 1. The van der Waals surface area contributed by atoms with Gasteiger partial charge in [0.2, 0.25) is 15.9 Å².